The van der Waals surface area contributed by atoms with Gasteiger partial charge in [0.05, 0.1) is 11.7 Å². The molecular formula is C13H15F3O. The van der Waals surface area contributed by atoms with Gasteiger partial charge in [0, 0.05) is 0 Å². The van der Waals surface area contributed by atoms with Crippen molar-refractivity contribution in [2.24, 2.45) is 0 Å². The van der Waals surface area contributed by atoms with Gasteiger partial charge in [0.1, 0.15) is 5.75 Å². The van der Waals surface area contributed by atoms with Crippen molar-refractivity contribution in [3.8, 4) is 5.75 Å². The molecule has 1 fully saturated rings. The van der Waals surface area contributed by atoms with Crippen LogP contribution in [-0.4, -0.2) is 6.10 Å². The van der Waals surface area contributed by atoms with E-state index in [0.717, 1.165) is 18.9 Å². The minimum Gasteiger partial charge on any atom is -0.490 e. The number of benzene rings is 1. The molecule has 2 rings (SSSR count). The highest BCUT2D eigenvalue weighted by Gasteiger charge is 2.32. The van der Waals surface area contributed by atoms with Crippen LogP contribution >= 0.6 is 0 Å². The van der Waals surface area contributed by atoms with Crippen LogP contribution in [0.1, 0.15) is 43.7 Å². The SMILES string of the molecule is CC(C)c1cc(C(F)(F)F)ccc1OC1CC1. The Hall–Kier alpha value is -1.19. The lowest BCUT2D eigenvalue weighted by atomic mass is 9.99. The van der Waals surface area contributed by atoms with Crippen LogP contribution in [0.15, 0.2) is 18.2 Å². The molecule has 0 radical (unpaired) electrons. The number of ether oxygens (including phenoxy) is 1. The molecular weight excluding hydrogens is 229 g/mol. The third-order valence-corrected chi connectivity index (χ3v) is 2.78. The van der Waals surface area contributed by atoms with Crippen molar-refractivity contribution in [3.05, 3.63) is 29.3 Å². The molecule has 0 N–H and O–H groups in total. The predicted octanol–water partition coefficient (Wildman–Crippen LogP) is 4.37. The van der Waals surface area contributed by atoms with Crippen molar-refractivity contribution < 1.29 is 17.9 Å². The molecule has 94 valence electrons. The zero-order valence-corrected chi connectivity index (χ0v) is 9.84. The third-order valence-electron chi connectivity index (χ3n) is 2.78. The van der Waals surface area contributed by atoms with E-state index >= 15 is 0 Å². The van der Waals surface area contributed by atoms with Crippen LogP contribution in [-0.2, 0) is 6.18 Å². The highest BCUT2D eigenvalue weighted by Crippen LogP contribution is 2.37. The Morgan fingerprint density at radius 1 is 1.24 bits per heavy atom. The second kappa shape index (κ2) is 4.24. The van der Waals surface area contributed by atoms with E-state index in [2.05, 4.69) is 0 Å². The van der Waals surface area contributed by atoms with Gasteiger partial charge in [-0.05, 0) is 42.5 Å². The fraction of sp³-hybridized carbons (Fsp3) is 0.538. The van der Waals surface area contributed by atoms with E-state index in [1.54, 1.807) is 0 Å². The van der Waals surface area contributed by atoms with Crippen molar-refractivity contribution >= 4 is 0 Å². The molecule has 0 heterocycles. The van der Waals surface area contributed by atoms with E-state index in [9.17, 15) is 13.2 Å². The molecule has 0 spiro atoms. The van der Waals surface area contributed by atoms with Gasteiger partial charge in [-0.3, -0.25) is 0 Å². The normalized spacial score (nSPS) is 16.4. The third kappa shape index (κ3) is 2.93. The molecule has 0 unspecified atom stereocenters. The smallest absolute Gasteiger partial charge is 0.416 e. The monoisotopic (exact) mass is 244 g/mol. The first-order valence-corrected chi connectivity index (χ1v) is 5.75. The molecule has 1 aromatic carbocycles. The minimum atomic E-state index is -4.29. The van der Waals surface area contributed by atoms with Crippen LogP contribution in [0.3, 0.4) is 0 Å². The van der Waals surface area contributed by atoms with Crippen molar-refractivity contribution in [1.29, 1.82) is 0 Å². The molecule has 0 aliphatic heterocycles. The van der Waals surface area contributed by atoms with Gasteiger partial charge in [0.25, 0.3) is 0 Å². The van der Waals surface area contributed by atoms with Crippen LogP contribution in [0.2, 0.25) is 0 Å². The van der Waals surface area contributed by atoms with Gasteiger partial charge in [0.15, 0.2) is 0 Å². The summed E-state index contributed by atoms with van der Waals surface area (Å²) >= 11 is 0. The van der Waals surface area contributed by atoms with Crippen molar-refractivity contribution in [2.45, 2.75) is 44.9 Å². The number of rotatable bonds is 3. The second-order valence-electron chi connectivity index (χ2n) is 4.72. The average Bonchev–Trinajstić information content (AvgIpc) is 3.00. The maximum absolute atomic E-state index is 12.6. The standard InChI is InChI=1S/C13H15F3O/c1-8(2)11-7-9(13(14,15)16)3-6-12(11)17-10-4-5-10/h3,6-8,10H,4-5H2,1-2H3. The Balaban J connectivity index is 2.33. The van der Waals surface area contributed by atoms with Crippen molar-refractivity contribution in [2.75, 3.05) is 0 Å². The Labute approximate surface area is 98.6 Å². The van der Waals surface area contributed by atoms with Crippen LogP contribution < -0.4 is 4.74 Å². The highest BCUT2D eigenvalue weighted by atomic mass is 19.4. The van der Waals surface area contributed by atoms with E-state index < -0.39 is 11.7 Å². The lowest BCUT2D eigenvalue weighted by Crippen LogP contribution is -2.08. The highest BCUT2D eigenvalue weighted by molar-refractivity contribution is 5.40. The van der Waals surface area contributed by atoms with Gasteiger partial charge in [-0.1, -0.05) is 13.8 Å². The summed E-state index contributed by atoms with van der Waals surface area (Å²) in [5.74, 6) is 0.613. The van der Waals surface area contributed by atoms with Gasteiger partial charge < -0.3 is 4.74 Å². The Morgan fingerprint density at radius 3 is 2.35 bits per heavy atom. The summed E-state index contributed by atoms with van der Waals surface area (Å²) in [6.45, 7) is 3.74. The maximum atomic E-state index is 12.6. The Bertz CT molecular complexity index is 406. The molecule has 1 nitrogen and oxygen atoms in total. The number of hydrogen-bond donors (Lipinski definition) is 0. The van der Waals surface area contributed by atoms with Gasteiger partial charge in [-0.15, -0.1) is 0 Å². The zero-order valence-electron chi connectivity index (χ0n) is 9.84. The molecule has 4 heteroatoms. The van der Waals surface area contributed by atoms with Gasteiger partial charge >= 0.3 is 6.18 Å². The fourth-order valence-corrected chi connectivity index (χ4v) is 1.65. The second-order valence-corrected chi connectivity index (χ2v) is 4.72. The van der Waals surface area contributed by atoms with E-state index in [1.165, 1.54) is 12.1 Å². The van der Waals surface area contributed by atoms with Crippen LogP contribution in [0, 0.1) is 0 Å². The Morgan fingerprint density at radius 2 is 1.88 bits per heavy atom. The first kappa shape index (κ1) is 12.3. The molecule has 1 aliphatic carbocycles. The number of alkyl halides is 3. The molecule has 1 aliphatic rings. The van der Waals surface area contributed by atoms with Gasteiger partial charge in [-0.2, -0.15) is 13.2 Å². The lowest BCUT2D eigenvalue weighted by Gasteiger charge is -2.16. The summed E-state index contributed by atoms with van der Waals surface area (Å²) in [6.07, 6.45) is -2.09. The minimum absolute atomic E-state index is 0.0195. The molecule has 0 bridgehead atoms. The summed E-state index contributed by atoms with van der Waals surface area (Å²) in [6, 6.07) is 3.72. The molecule has 17 heavy (non-hydrogen) atoms. The summed E-state index contributed by atoms with van der Waals surface area (Å²) in [7, 11) is 0. The van der Waals surface area contributed by atoms with Gasteiger partial charge in [0.2, 0.25) is 0 Å². The molecule has 1 aromatic rings. The maximum Gasteiger partial charge on any atom is 0.416 e. The largest absolute Gasteiger partial charge is 0.490 e. The Kier molecular flexibility index (Phi) is 3.06. The van der Waals surface area contributed by atoms with Crippen molar-refractivity contribution in [3.63, 3.8) is 0 Å². The molecule has 0 saturated heterocycles. The number of hydrogen-bond acceptors (Lipinski definition) is 1. The van der Waals surface area contributed by atoms with Crippen LogP contribution in [0.25, 0.3) is 0 Å². The summed E-state index contributed by atoms with van der Waals surface area (Å²) in [5, 5.41) is 0. The van der Waals surface area contributed by atoms with Gasteiger partial charge in [-0.25, -0.2) is 0 Å². The van der Waals surface area contributed by atoms with E-state index in [1.807, 2.05) is 13.8 Å². The van der Waals surface area contributed by atoms with E-state index in [4.69, 9.17) is 4.74 Å². The summed E-state index contributed by atoms with van der Waals surface area (Å²) in [5.41, 5.74) is 0.0241. The predicted molar refractivity (Wildman–Crippen MR) is 59.2 cm³/mol. The summed E-state index contributed by atoms with van der Waals surface area (Å²) in [4.78, 5) is 0. The zero-order chi connectivity index (χ0) is 12.6. The molecule has 0 amide bonds. The molecule has 1 saturated carbocycles. The lowest BCUT2D eigenvalue weighted by molar-refractivity contribution is -0.137. The van der Waals surface area contributed by atoms with Crippen LogP contribution in [0.4, 0.5) is 13.2 Å². The number of halogens is 3. The topological polar surface area (TPSA) is 9.23 Å². The quantitative estimate of drug-likeness (QED) is 0.767. The van der Waals surface area contributed by atoms with Crippen LogP contribution in [0.5, 0.6) is 5.75 Å². The van der Waals surface area contributed by atoms with E-state index in [0.29, 0.717) is 11.3 Å². The first-order valence-electron chi connectivity index (χ1n) is 5.75. The van der Waals surface area contributed by atoms with E-state index in [-0.39, 0.29) is 12.0 Å². The summed E-state index contributed by atoms with van der Waals surface area (Å²) < 4.78 is 43.4. The fourth-order valence-electron chi connectivity index (χ4n) is 1.65. The van der Waals surface area contributed by atoms with Crippen molar-refractivity contribution in [1.82, 2.24) is 0 Å². The average molecular weight is 244 g/mol. The molecule has 0 aromatic heterocycles. The first-order chi connectivity index (χ1) is 7.88. The molecule has 0 atom stereocenters.